The van der Waals surface area contributed by atoms with Crippen molar-refractivity contribution in [3.05, 3.63) is 58.6 Å². The van der Waals surface area contributed by atoms with Crippen LogP contribution in [-0.4, -0.2) is 39.7 Å². The monoisotopic (exact) mass is 418 g/mol. The number of aryl methyl sites for hydroxylation is 1. The molecule has 1 aliphatic rings. The van der Waals surface area contributed by atoms with Gasteiger partial charge < -0.3 is 10.0 Å². The number of hydrogen-bond acceptors (Lipinski definition) is 5. The van der Waals surface area contributed by atoms with Crippen molar-refractivity contribution < 1.29 is 23.9 Å². The largest absolute Gasteiger partial charge is 0.373 e. The Hall–Kier alpha value is -2.64. The molecule has 1 aromatic heterocycles. The van der Waals surface area contributed by atoms with Crippen molar-refractivity contribution in [2.24, 2.45) is 0 Å². The number of aliphatic hydroxyl groups is 1. The van der Waals surface area contributed by atoms with Crippen molar-refractivity contribution in [2.75, 3.05) is 11.4 Å². The molecule has 0 bridgehead atoms. The third-order valence-corrected chi connectivity index (χ3v) is 5.09. The number of carbonyl (C=O) groups excluding carboxylic acids is 3. The molecule has 29 heavy (non-hydrogen) atoms. The van der Waals surface area contributed by atoms with E-state index in [1.54, 1.807) is 18.2 Å². The lowest BCUT2D eigenvalue weighted by molar-refractivity contribution is -0.147. The molecule has 0 aliphatic carbocycles. The fourth-order valence-electron chi connectivity index (χ4n) is 3.37. The number of nitrogens with zero attached hydrogens (tertiary/aromatic N) is 2. The summed E-state index contributed by atoms with van der Waals surface area (Å²) in [6, 6.07) is 7.23. The minimum Gasteiger partial charge on any atom is -0.373 e. The highest BCUT2D eigenvalue weighted by molar-refractivity contribution is 6.30. The number of amides is 1. The molecule has 0 radical (unpaired) electrons. The van der Waals surface area contributed by atoms with Gasteiger partial charge in [0.2, 0.25) is 5.60 Å². The summed E-state index contributed by atoms with van der Waals surface area (Å²) >= 11 is 5.81. The van der Waals surface area contributed by atoms with Crippen LogP contribution in [0.1, 0.15) is 31.0 Å². The number of pyridine rings is 1. The predicted molar refractivity (Wildman–Crippen MR) is 105 cm³/mol. The topological polar surface area (TPSA) is 87.6 Å². The van der Waals surface area contributed by atoms with E-state index in [1.165, 1.54) is 24.1 Å². The summed E-state index contributed by atoms with van der Waals surface area (Å²) in [5.41, 5.74) is -0.578. The summed E-state index contributed by atoms with van der Waals surface area (Å²) in [5.74, 6) is -1.86. The minimum absolute atomic E-state index is 0.0259. The Balaban J connectivity index is 1.68. The number of aromatic nitrogens is 1. The molecule has 1 fully saturated rings. The molecule has 0 saturated carbocycles. The first-order chi connectivity index (χ1) is 13.7. The van der Waals surface area contributed by atoms with Crippen LogP contribution >= 0.6 is 11.6 Å². The maximum atomic E-state index is 13.4. The summed E-state index contributed by atoms with van der Waals surface area (Å²) in [4.78, 5) is 42.0. The van der Waals surface area contributed by atoms with Crippen LogP contribution < -0.4 is 4.90 Å². The van der Waals surface area contributed by atoms with Crippen molar-refractivity contribution in [1.82, 2.24) is 4.98 Å². The van der Waals surface area contributed by atoms with E-state index in [1.807, 2.05) is 0 Å². The highest BCUT2D eigenvalue weighted by Crippen LogP contribution is 2.30. The van der Waals surface area contributed by atoms with Gasteiger partial charge >= 0.3 is 0 Å². The normalized spacial score (nSPS) is 18.9. The molecular weight excluding hydrogens is 399 g/mol. The smallest absolute Gasteiger partial charge is 0.266 e. The lowest BCUT2D eigenvalue weighted by atomic mass is 9.92. The Labute approximate surface area is 172 Å². The molecule has 0 unspecified atom stereocenters. The SMILES string of the molecule is CC(=O)Cc1ccc(N2CC[C@@](O)(C(=O)CCc3cc(F)cc(Cl)c3)C2=O)cn1. The second kappa shape index (κ2) is 8.39. The summed E-state index contributed by atoms with van der Waals surface area (Å²) in [5, 5.41) is 10.9. The molecule has 152 valence electrons. The number of Topliss-reactive ketones (excluding diaryl/α,β-unsaturated/α-hetero) is 2. The maximum absolute atomic E-state index is 13.4. The van der Waals surface area contributed by atoms with E-state index in [0.29, 0.717) is 16.9 Å². The van der Waals surface area contributed by atoms with E-state index in [4.69, 9.17) is 11.6 Å². The van der Waals surface area contributed by atoms with Gasteiger partial charge in [-0.25, -0.2) is 4.39 Å². The number of hydrogen-bond donors (Lipinski definition) is 1. The van der Waals surface area contributed by atoms with Crippen LogP contribution in [0.25, 0.3) is 0 Å². The molecule has 6 nitrogen and oxygen atoms in total. The molecular formula is C21H20ClFN2O4. The average molecular weight is 419 g/mol. The lowest BCUT2D eigenvalue weighted by Crippen LogP contribution is -2.47. The third-order valence-electron chi connectivity index (χ3n) is 4.87. The van der Waals surface area contributed by atoms with Crippen LogP contribution in [0.5, 0.6) is 0 Å². The molecule has 1 aromatic carbocycles. The molecule has 8 heteroatoms. The molecule has 3 rings (SSSR count). The van der Waals surface area contributed by atoms with Crippen LogP contribution in [0.3, 0.4) is 0 Å². The number of anilines is 1. The molecule has 1 saturated heterocycles. The van der Waals surface area contributed by atoms with Crippen molar-refractivity contribution in [3.8, 4) is 0 Å². The van der Waals surface area contributed by atoms with Crippen molar-refractivity contribution in [1.29, 1.82) is 0 Å². The Morgan fingerprint density at radius 2 is 2.07 bits per heavy atom. The first-order valence-corrected chi connectivity index (χ1v) is 9.54. The van der Waals surface area contributed by atoms with Gasteiger partial charge in [-0.2, -0.15) is 0 Å². The number of carbonyl (C=O) groups is 3. The number of rotatable bonds is 7. The second-order valence-electron chi connectivity index (χ2n) is 7.15. The summed E-state index contributed by atoms with van der Waals surface area (Å²) in [6.45, 7) is 1.63. The van der Waals surface area contributed by atoms with Gasteiger partial charge in [0, 0.05) is 36.5 Å². The first kappa shape index (κ1) is 21.1. The van der Waals surface area contributed by atoms with Crippen LogP contribution in [-0.2, 0) is 27.2 Å². The first-order valence-electron chi connectivity index (χ1n) is 9.16. The maximum Gasteiger partial charge on any atom is 0.266 e. The van der Waals surface area contributed by atoms with Crippen LogP contribution in [0.4, 0.5) is 10.1 Å². The Bertz CT molecular complexity index is 943. The second-order valence-corrected chi connectivity index (χ2v) is 7.59. The Morgan fingerprint density at radius 1 is 1.31 bits per heavy atom. The lowest BCUT2D eigenvalue weighted by Gasteiger charge is -2.21. The van der Waals surface area contributed by atoms with Gasteiger partial charge in [-0.15, -0.1) is 0 Å². The number of ketones is 2. The van der Waals surface area contributed by atoms with E-state index in [2.05, 4.69) is 4.98 Å². The highest BCUT2D eigenvalue weighted by atomic mass is 35.5. The molecule has 2 heterocycles. The van der Waals surface area contributed by atoms with Crippen molar-refractivity contribution >= 4 is 34.8 Å². The molecule has 1 aliphatic heterocycles. The van der Waals surface area contributed by atoms with Gasteiger partial charge in [-0.1, -0.05) is 11.6 Å². The van der Waals surface area contributed by atoms with E-state index < -0.39 is 23.1 Å². The van der Waals surface area contributed by atoms with Gasteiger partial charge in [0.1, 0.15) is 11.6 Å². The van der Waals surface area contributed by atoms with Crippen LogP contribution in [0.15, 0.2) is 36.5 Å². The Kier molecular flexibility index (Phi) is 6.10. The average Bonchev–Trinajstić information content (AvgIpc) is 2.95. The van der Waals surface area contributed by atoms with E-state index in [9.17, 15) is 23.9 Å². The zero-order valence-electron chi connectivity index (χ0n) is 15.8. The van der Waals surface area contributed by atoms with Crippen LogP contribution in [0.2, 0.25) is 5.02 Å². The fourth-order valence-corrected chi connectivity index (χ4v) is 3.61. The number of benzene rings is 1. The predicted octanol–water partition coefficient (Wildman–Crippen LogP) is 2.68. The summed E-state index contributed by atoms with van der Waals surface area (Å²) in [6.07, 6.45) is 1.64. The minimum atomic E-state index is -2.12. The molecule has 2 aromatic rings. The van der Waals surface area contributed by atoms with Gasteiger partial charge in [0.15, 0.2) is 5.78 Å². The van der Waals surface area contributed by atoms with Crippen LogP contribution in [0, 0.1) is 5.82 Å². The fraction of sp³-hybridized carbons (Fsp3) is 0.333. The van der Waals surface area contributed by atoms with Gasteiger partial charge in [0.25, 0.3) is 5.91 Å². The zero-order valence-corrected chi connectivity index (χ0v) is 16.6. The van der Waals surface area contributed by atoms with Crippen molar-refractivity contribution in [2.45, 2.75) is 38.2 Å². The van der Waals surface area contributed by atoms with E-state index in [0.717, 1.165) is 6.07 Å². The Morgan fingerprint density at radius 3 is 2.69 bits per heavy atom. The van der Waals surface area contributed by atoms with Gasteiger partial charge in [-0.05, 0) is 49.2 Å². The van der Waals surface area contributed by atoms with Gasteiger partial charge in [0.05, 0.1) is 11.9 Å². The van der Waals surface area contributed by atoms with Crippen molar-refractivity contribution in [3.63, 3.8) is 0 Å². The molecule has 1 atom stereocenters. The molecule has 0 spiro atoms. The highest BCUT2D eigenvalue weighted by Gasteiger charge is 2.50. The quantitative estimate of drug-likeness (QED) is 0.698. The number of halogens is 2. The van der Waals surface area contributed by atoms with Gasteiger partial charge in [-0.3, -0.25) is 19.4 Å². The molecule has 1 amide bonds. The van der Waals surface area contributed by atoms with E-state index >= 15 is 0 Å². The summed E-state index contributed by atoms with van der Waals surface area (Å²) < 4.78 is 13.4. The third kappa shape index (κ3) is 4.68. The summed E-state index contributed by atoms with van der Waals surface area (Å²) in [7, 11) is 0. The standard InChI is InChI=1S/C21H20ClFN2O4/c1-13(26)8-17-3-4-18(12-24-17)25-7-6-21(29,20(25)28)19(27)5-2-14-9-15(22)11-16(23)10-14/h3-4,9-12,29H,2,5-8H2,1H3/t21-/m1/s1. The zero-order chi connectivity index (χ0) is 21.2. The molecule has 1 N–H and O–H groups in total. The van der Waals surface area contributed by atoms with E-state index in [-0.39, 0.29) is 43.0 Å².